The zero-order chi connectivity index (χ0) is 15.7. The summed E-state index contributed by atoms with van der Waals surface area (Å²) < 4.78 is 9.16. The van der Waals surface area contributed by atoms with Gasteiger partial charge in [0.1, 0.15) is 6.61 Å². The highest BCUT2D eigenvalue weighted by Gasteiger charge is 2.26. The summed E-state index contributed by atoms with van der Waals surface area (Å²) in [6.07, 6.45) is -0.477. The average Bonchev–Trinajstić information content (AvgIpc) is 2.40. The maximum absolute atomic E-state index is 11.6. The summed E-state index contributed by atoms with van der Waals surface area (Å²) >= 11 is 0. The Morgan fingerprint density at radius 2 is 1.90 bits per heavy atom. The first-order valence-electron chi connectivity index (χ1n) is 5.83. The van der Waals surface area contributed by atoms with Crippen LogP contribution in [-0.2, 0) is 28.7 Å². The highest BCUT2D eigenvalue weighted by atomic mass is 16.5. The minimum absolute atomic E-state index is 0.111. The second kappa shape index (κ2) is 8.86. The standard InChI is InChI=1S/C11H18N2O7/c1-3-9(16)20-5-7(11(18)19-2)13-10(17)6(12)4-8(14)15/h6-7H,3-5,12H2,1-2H3,(H,13,17)(H,14,15)/t6-,7-/m1/s1. The van der Waals surface area contributed by atoms with Gasteiger partial charge in [-0.3, -0.25) is 14.4 Å². The molecule has 0 aromatic carbocycles. The van der Waals surface area contributed by atoms with Gasteiger partial charge in [-0.25, -0.2) is 4.79 Å². The van der Waals surface area contributed by atoms with Crippen LogP contribution in [0.1, 0.15) is 19.8 Å². The largest absolute Gasteiger partial charge is 0.481 e. The molecule has 0 fully saturated rings. The normalized spacial score (nSPS) is 12.9. The van der Waals surface area contributed by atoms with Crippen LogP contribution >= 0.6 is 0 Å². The number of rotatable bonds is 8. The molecule has 9 heteroatoms. The van der Waals surface area contributed by atoms with Crippen LogP contribution in [0.25, 0.3) is 0 Å². The predicted octanol–water partition coefficient (Wildman–Crippen LogP) is -1.60. The van der Waals surface area contributed by atoms with Crippen LogP contribution in [0.15, 0.2) is 0 Å². The maximum atomic E-state index is 11.6. The third-order valence-electron chi connectivity index (χ3n) is 2.23. The molecule has 0 bridgehead atoms. The third-order valence-corrected chi connectivity index (χ3v) is 2.23. The predicted molar refractivity (Wildman–Crippen MR) is 65.4 cm³/mol. The number of nitrogens with one attached hydrogen (secondary N) is 1. The molecule has 0 rings (SSSR count). The number of hydrogen-bond donors (Lipinski definition) is 3. The molecule has 0 spiro atoms. The Hall–Kier alpha value is -2.16. The first-order valence-corrected chi connectivity index (χ1v) is 5.83. The molecule has 0 saturated heterocycles. The summed E-state index contributed by atoms with van der Waals surface area (Å²) in [5.41, 5.74) is 5.34. The number of ether oxygens (including phenoxy) is 2. The van der Waals surface area contributed by atoms with Crippen molar-refractivity contribution in [3.8, 4) is 0 Å². The minimum Gasteiger partial charge on any atom is -0.481 e. The van der Waals surface area contributed by atoms with E-state index in [4.69, 9.17) is 15.6 Å². The van der Waals surface area contributed by atoms with Crippen LogP contribution in [-0.4, -0.2) is 54.7 Å². The third kappa shape index (κ3) is 6.69. The van der Waals surface area contributed by atoms with Crippen molar-refractivity contribution in [1.82, 2.24) is 5.32 Å². The van der Waals surface area contributed by atoms with Gasteiger partial charge in [-0.2, -0.15) is 0 Å². The molecule has 114 valence electrons. The van der Waals surface area contributed by atoms with Crippen LogP contribution in [0.3, 0.4) is 0 Å². The fraction of sp³-hybridized carbons (Fsp3) is 0.636. The van der Waals surface area contributed by atoms with E-state index < -0.39 is 48.9 Å². The van der Waals surface area contributed by atoms with Crippen molar-refractivity contribution in [2.24, 2.45) is 5.73 Å². The molecule has 4 N–H and O–H groups in total. The number of carboxylic acids is 1. The number of nitrogens with two attached hydrogens (primary N) is 1. The molecule has 20 heavy (non-hydrogen) atoms. The Morgan fingerprint density at radius 3 is 2.35 bits per heavy atom. The number of amides is 1. The fourth-order valence-corrected chi connectivity index (χ4v) is 1.15. The summed E-state index contributed by atoms with van der Waals surface area (Å²) in [6, 6.07) is -2.55. The van der Waals surface area contributed by atoms with Gasteiger partial charge < -0.3 is 25.6 Å². The van der Waals surface area contributed by atoms with Crippen molar-refractivity contribution in [2.75, 3.05) is 13.7 Å². The van der Waals surface area contributed by atoms with E-state index in [0.29, 0.717) is 0 Å². The summed E-state index contributed by atoms with van der Waals surface area (Å²) in [5, 5.41) is 10.7. The maximum Gasteiger partial charge on any atom is 0.331 e. The lowest BCUT2D eigenvalue weighted by atomic mass is 10.2. The van der Waals surface area contributed by atoms with Gasteiger partial charge in [-0.15, -0.1) is 0 Å². The molecule has 0 aromatic rings. The van der Waals surface area contributed by atoms with Gasteiger partial charge in [-0.05, 0) is 0 Å². The van der Waals surface area contributed by atoms with E-state index in [1.807, 2.05) is 0 Å². The molecule has 0 unspecified atom stereocenters. The highest BCUT2D eigenvalue weighted by molar-refractivity contribution is 5.89. The van der Waals surface area contributed by atoms with Gasteiger partial charge in [-0.1, -0.05) is 6.92 Å². The Kier molecular flexibility index (Phi) is 7.90. The molecule has 0 radical (unpaired) electrons. The Bertz CT molecular complexity index is 383. The van der Waals surface area contributed by atoms with Crippen molar-refractivity contribution < 1.29 is 33.8 Å². The molecule has 0 aliphatic heterocycles. The quantitative estimate of drug-likeness (QED) is 0.453. The minimum atomic E-state index is -1.32. The molecular weight excluding hydrogens is 272 g/mol. The zero-order valence-corrected chi connectivity index (χ0v) is 11.3. The van der Waals surface area contributed by atoms with E-state index in [1.54, 1.807) is 6.92 Å². The molecule has 0 aromatic heterocycles. The Morgan fingerprint density at radius 1 is 1.30 bits per heavy atom. The molecule has 0 aliphatic carbocycles. The molecule has 0 saturated carbocycles. The number of aliphatic carboxylic acids is 1. The van der Waals surface area contributed by atoms with Gasteiger partial charge in [0.15, 0.2) is 6.04 Å². The smallest absolute Gasteiger partial charge is 0.331 e. The average molecular weight is 290 g/mol. The van der Waals surface area contributed by atoms with E-state index in [-0.39, 0.29) is 6.42 Å². The summed E-state index contributed by atoms with van der Waals surface area (Å²) in [7, 11) is 1.10. The second-order valence-corrected chi connectivity index (χ2v) is 3.83. The van der Waals surface area contributed by atoms with Crippen molar-refractivity contribution in [3.63, 3.8) is 0 Å². The van der Waals surface area contributed by atoms with Crippen LogP contribution in [0.2, 0.25) is 0 Å². The van der Waals surface area contributed by atoms with Crippen molar-refractivity contribution in [3.05, 3.63) is 0 Å². The van der Waals surface area contributed by atoms with Gasteiger partial charge in [0, 0.05) is 6.42 Å². The second-order valence-electron chi connectivity index (χ2n) is 3.83. The number of carbonyl (C=O) groups excluding carboxylic acids is 3. The lowest BCUT2D eigenvalue weighted by Gasteiger charge is -2.18. The molecule has 1 amide bonds. The van der Waals surface area contributed by atoms with Crippen LogP contribution in [0.4, 0.5) is 0 Å². The number of carbonyl (C=O) groups is 4. The SMILES string of the molecule is CCC(=O)OC[C@@H](NC(=O)[C@H](N)CC(=O)O)C(=O)OC. The molecule has 0 heterocycles. The number of methoxy groups -OCH3 is 1. The van der Waals surface area contributed by atoms with Crippen LogP contribution in [0, 0.1) is 0 Å². The van der Waals surface area contributed by atoms with Crippen molar-refractivity contribution >= 4 is 23.8 Å². The van der Waals surface area contributed by atoms with Gasteiger partial charge >= 0.3 is 17.9 Å². The molecule has 2 atom stereocenters. The molecule has 0 aliphatic rings. The summed E-state index contributed by atoms with van der Waals surface area (Å²) in [4.78, 5) is 44.4. The van der Waals surface area contributed by atoms with Crippen LogP contribution in [0.5, 0.6) is 0 Å². The lowest BCUT2D eigenvalue weighted by molar-refractivity contribution is -0.152. The number of carboxylic acid groups (broad SMARTS) is 1. The van der Waals surface area contributed by atoms with Gasteiger partial charge in [0.2, 0.25) is 5.91 Å². The number of esters is 2. The number of hydrogen-bond acceptors (Lipinski definition) is 7. The fourth-order valence-electron chi connectivity index (χ4n) is 1.15. The van der Waals surface area contributed by atoms with E-state index in [9.17, 15) is 19.2 Å². The topological polar surface area (TPSA) is 145 Å². The van der Waals surface area contributed by atoms with Crippen molar-refractivity contribution in [1.29, 1.82) is 0 Å². The van der Waals surface area contributed by atoms with Crippen LogP contribution < -0.4 is 11.1 Å². The Balaban J connectivity index is 4.56. The van der Waals surface area contributed by atoms with E-state index in [0.717, 1.165) is 7.11 Å². The first-order chi connectivity index (χ1) is 9.31. The van der Waals surface area contributed by atoms with Gasteiger partial charge in [0.25, 0.3) is 0 Å². The van der Waals surface area contributed by atoms with E-state index in [2.05, 4.69) is 10.1 Å². The van der Waals surface area contributed by atoms with Gasteiger partial charge in [0.05, 0.1) is 19.6 Å². The summed E-state index contributed by atoms with van der Waals surface area (Å²) in [6.45, 7) is 1.15. The lowest BCUT2D eigenvalue weighted by Crippen LogP contribution is -2.51. The monoisotopic (exact) mass is 290 g/mol. The highest BCUT2D eigenvalue weighted by Crippen LogP contribution is 1.96. The zero-order valence-electron chi connectivity index (χ0n) is 11.3. The molecule has 9 nitrogen and oxygen atoms in total. The summed E-state index contributed by atoms with van der Waals surface area (Å²) in [5.74, 6) is -3.48. The van der Waals surface area contributed by atoms with E-state index in [1.165, 1.54) is 0 Å². The first kappa shape index (κ1) is 17.8. The molecular formula is C11H18N2O7. The Labute approximate surface area is 115 Å². The van der Waals surface area contributed by atoms with Crippen molar-refractivity contribution in [2.45, 2.75) is 31.8 Å². The van der Waals surface area contributed by atoms with E-state index >= 15 is 0 Å².